The molecule has 0 aliphatic heterocycles. The van der Waals surface area contributed by atoms with Crippen LogP contribution in [-0.2, 0) is 17.6 Å². The molecule has 1 N–H and O–H groups in total. The fourth-order valence-electron chi connectivity index (χ4n) is 2.47. The lowest BCUT2D eigenvalue weighted by atomic mass is 10.1. The Hall–Kier alpha value is -2.51. The van der Waals surface area contributed by atoms with E-state index in [0.717, 1.165) is 22.2 Å². The van der Waals surface area contributed by atoms with Gasteiger partial charge in [0.05, 0.1) is 6.54 Å². The number of likely N-dealkylation sites (N-methyl/N-ethyl adjacent to an activating group) is 1. The van der Waals surface area contributed by atoms with Gasteiger partial charge in [0.15, 0.2) is 0 Å². The van der Waals surface area contributed by atoms with Gasteiger partial charge in [-0.05, 0) is 29.8 Å². The number of nitrogens with one attached hydrogen (secondary N) is 1. The van der Waals surface area contributed by atoms with Crippen LogP contribution in [0.3, 0.4) is 0 Å². The third-order valence-corrected chi connectivity index (χ3v) is 4.99. The van der Waals surface area contributed by atoms with E-state index in [2.05, 4.69) is 19.7 Å². The van der Waals surface area contributed by atoms with Crippen molar-refractivity contribution in [3.05, 3.63) is 70.8 Å². The summed E-state index contributed by atoms with van der Waals surface area (Å²) in [7, 11) is 1.84. The largest absolute Gasteiger partial charge is 0.354 e. The normalized spacial score (nSPS) is 10.6. The molecule has 0 fully saturated rings. The van der Waals surface area contributed by atoms with Gasteiger partial charge in [-0.15, -0.1) is 0 Å². The van der Waals surface area contributed by atoms with Crippen LogP contribution < -0.4 is 10.2 Å². The lowest BCUT2D eigenvalue weighted by Crippen LogP contribution is -2.36. The first kappa shape index (κ1) is 19.3. The predicted octanol–water partition coefficient (Wildman–Crippen LogP) is 2.97. The van der Waals surface area contributed by atoms with E-state index in [0.29, 0.717) is 24.4 Å². The maximum absolute atomic E-state index is 12.1. The van der Waals surface area contributed by atoms with Gasteiger partial charge in [0.1, 0.15) is 5.82 Å². The Kier molecular flexibility index (Phi) is 6.73. The quantitative estimate of drug-likeness (QED) is 0.628. The molecule has 140 valence electrons. The van der Waals surface area contributed by atoms with Crippen molar-refractivity contribution in [1.29, 1.82) is 0 Å². The SMILES string of the molecule is CN(CC(=O)NCCc1ccccn1)c1nc(Cc2ccc(Cl)cc2)ns1. The number of amides is 1. The fourth-order valence-corrected chi connectivity index (χ4v) is 3.24. The van der Waals surface area contributed by atoms with Crippen LogP contribution in [0.25, 0.3) is 0 Å². The molecule has 0 atom stereocenters. The molecule has 0 saturated heterocycles. The highest BCUT2D eigenvalue weighted by Gasteiger charge is 2.12. The van der Waals surface area contributed by atoms with Crippen LogP contribution in [0.4, 0.5) is 5.13 Å². The van der Waals surface area contributed by atoms with Crippen molar-refractivity contribution in [2.45, 2.75) is 12.8 Å². The van der Waals surface area contributed by atoms with E-state index in [1.165, 1.54) is 11.5 Å². The van der Waals surface area contributed by atoms with E-state index in [4.69, 9.17) is 11.6 Å². The van der Waals surface area contributed by atoms with Crippen LogP contribution in [0.2, 0.25) is 5.02 Å². The Morgan fingerprint density at radius 3 is 2.78 bits per heavy atom. The van der Waals surface area contributed by atoms with Gasteiger partial charge in [0.2, 0.25) is 11.0 Å². The van der Waals surface area contributed by atoms with E-state index in [9.17, 15) is 4.79 Å². The summed E-state index contributed by atoms with van der Waals surface area (Å²) in [4.78, 5) is 22.7. The predicted molar refractivity (Wildman–Crippen MR) is 108 cm³/mol. The molecule has 1 aromatic carbocycles. The van der Waals surface area contributed by atoms with Gasteiger partial charge in [-0.2, -0.15) is 4.37 Å². The number of rotatable bonds is 8. The van der Waals surface area contributed by atoms with E-state index >= 15 is 0 Å². The first-order chi connectivity index (χ1) is 13.1. The van der Waals surface area contributed by atoms with Gasteiger partial charge in [-0.1, -0.05) is 29.8 Å². The number of halogens is 1. The molecule has 3 rings (SSSR count). The molecule has 0 radical (unpaired) electrons. The van der Waals surface area contributed by atoms with E-state index in [1.807, 2.05) is 49.5 Å². The number of aromatic nitrogens is 3. The Balaban J connectivity index is 1.46. The summed E-state index contributed by atoms with van der Waals surface area (Å²) in [5, 5.41) is 4.34. The van der Waals surface area contributed by atoms with Crippen molar-refractivity contribution in [3.8, 4) is 0 Å². The second kappa shape index (κ2) is 9.43. The average Bonchev–Trinajstić information content (AvgIpc) is 3.13. The van der Waals surface area contributed by atoms with Crippen molar-refractivity contribution >= 4 is 34.2 Å². The lowest BCUT2D eigenvalue weighted by molar-refractivity contribution is -0.119. The Bertz CT molecular complexity index is 869. The topological polar surface area (TPSA) is 71.0 Å². The molecular weight excluding hydrogens is 382 g/mol. The van der Waals surface area contributed by atoms with E-state index in [-0.39, 0.29) is 12.5 Å². The smallest absolute Gasteiger partial charge is 0.239 e. The minimum atomic E-state index is -0.0529. The van der Waals surface area contributed by atoms with Gasteiger partial charge in [0.25, 0.3) is 0 Å². The molecule has 1 amide bonds. The number of benzene rings is 1. The molecule has 3 aromatic rings. The Morgan fingerprint density at radius 2 is 2.04 bits per heavy atom. The number of hydrogen-bond donors (Lipinski definition) is 1. The van der Waals surface area contributed by atoms with Gasteiger partial charge < -0.3 is 10.2 Å². The van der Waals surface area contributed by atoms with Crippen molar-refractivity contribution < 1.29 is 4.79 Å². The van der Waals surface area contributed by atoms with Gasteiger partial charge in [0, 0.05) is 54.9 Å². The maximum atomic E-state index is 12.1. The van der Waals surface area contributed by atoms with Crippen LogP contribution in [0.1, 0.15) is 17.1 Å². The third kappa shape index (κ3) is 6.01. The second-order valence-electron chi connectivity index (χ2n) is 6.07. The molecule has 2 heterocycles. The number of hydrogen-bond acceptors (Lipinski definition) is 6. The summed E-state index contributed by atoms with van der Waals surface area (Å²) >= 11 is 7.19. The Morgan fingerprint density at radius 1 is 1.22 bits per heavy atom. The maximum Gasteiger partial charge on any atom is 0.239 e. The minimum Gasteiger partial charge on any atom is -0.354 e. The highest BCUT2D eigenvalue weighted by atomic mass is 35.5. The van der Waals surface area contributed by atoms with Crippen molar-refractivity contribution in [2.24, 2.45) is 0 Å². The molecule has 27 heavy (non-hydrogen) atoms. The second-order valence-corrected chi connectivity index (χ2v) is 7.24. The van der Waals surface area contributed by atoms with E-state index < -0.39 is 0 Å². The van der Waals surface area contributed by atoms with Crippen LogP contribution in [0.15, 0.2) is 48.7 Å². The lowest BCUT2D eigenvalue weighted by Gasteiger charge is -2.14. The Labute approximate surface area is 167 Å². The molecule has 0 unspecified atom stereocenters. The summed E-state index contributed by atoms with van der Waals surface area (Å²) in [6.45, 7) is 0.791. The molecule has 0 aliphatic carbocycles. The molecular formula is C19H20ClN5OS. The van der Waals surface area contributed by atoms with Crippen LogP contribution in [0.5, 0.6) is 0 Å². The summed E-state index contributed by atoms with van der Waals surface area (Å²) in [6, 6.07) is 13.4. The molecule has 8 heteroatoms. The molecule has 0 saturated carbocycles. The minimum absolute atomic E-state index is 0.0529. The number of pyridine rings is 1. The number of anilines is 1. The van der Waals surface area contributed by atoms with Crippen molar-refractivity contribution in [2.75, 3.05) is 25.0 Å². The number of nitrogens with zero attached hydrogens (tertiary/aromatic N) is 4. The van der Waals surface area contributed by atoms with Crippen molar-refractivity contribution in [3.63, 3.8) is 0 Å². The van der Waals surface area contributed by atoms with Crippen molar-refractivity contribution in [1.82, 2.24) is 19.7 Å². The molecule has 0 aliphatic rings. The van der Waals surface area contributed by atoms with Crippen LogP contribution >= 0.6 is 23.1 Å². The summed E-state index contributed by atoms with van der Waals surface area (Å²) in [6.07, 6.45) is 3.10. The monoisotopic (exact) mass is 401 g/mol. The van der Waals surface area contributed by atoms with Crippen LogP contribution in [0, 0.1) is 0 Å². The third-order valence-electron chi connectivity index (χ3n) is 3.87. The zero-order valence-corrected chi connectivity index (χ0v) is 16.5. The standard InChI is InChI=1S/C19H20ClN5OS/c1-25(13-18(26)22-11-9-16-4-2-3-10-21-16)19-23-17(24-27-19)12-14-5-7-15(20)8-6-14/h2-8,10H,9,11-13H2,1H3,(H,22,26). The van der Waals surface area contributed by atoms with Gasteiger partial charge in [-0.3, -0.25) is 9.78 Å². The van der Waals surface area contributed by atoms with Gasteiger partial charge >= 0.3 is 0 Å². The van der Waals surface area contributed by atoms with Gasteiger partial charge in [-0.25, -0.2) is 4.98 Å². The number of carbonyl (C=O) groups is 1. The average molecular weight is 402 g/mol. The fraction of sp³-hybridized carbons (Fsp3) is 0.263. The molecule has 0 bridgehead atoms. The summed E-state index contributed by atoms with van der Waals surface area (Å²) in [5.41, 5.74) is 2.06. The zero-order chi connectivity index (χ0) is 19.1. The summed E-state index contributed by atoms with van der Waals surface area (Å²) < 4.78 is 4.38. The van der Waals surface area contributed by atoms with E-state index in [1.54, 1.807) is 11.1 Å². The highest BCUT2D eigenvalue weighted by molar-refractivity contribution is 7.09. The first-order valence-electron chi connectivity index (χ1n) is 8.55. The summed E-state index contributed by atoms with van der Waals surface area (Å²) in [5.74, 6) is 0.683. The first-order valence-corrected chi connectivity index (χ1v) is 9.70. The van der Waals surface area contributed by atoms with Crippen LogP contribution in [-0.4, -0.2) is 40.4 Å². The molecule has 0 spiro atoms. The molecule has 2 aromatic heterocycles. The number of carbonyl (C=O) groups excluding carboxylic acids is 1. The highest BCUT2D eigenvalue weighted by Crippen LogP contribution is 2.18. The zero-order valence-electron chi connectivity index (χ0n) is 14.9. The molecule has 6 nitrogen and oxygen atoms in total.